The lowest BCUT2D eigenvalue weighted by atomic mass is 9.80. The Morgan fingerprint density at radius 3 is 3.13 bits per heavy atom. The third kappa shape index (κ3) is 3.82. The molecule has 2 aliphatic heterocycles. The molecule has 1 spiro atoms. The number of likely N-dealkylation sites (tertiary alicyclic amines) is 1. The van der Waals surface area contributed by atoms with E-state index < -0.39 is 0 Å². The number of hydrogen-bond acceptors (Lipinski definition) is 5. The van der Waals surface area contributed by atoms with Gasteiger partial charge in [-0.25, -0.2) is 0 Å². The Labute approximate surface area is 137 Å². The van der Waals surface area contributed by atoms with E-state index in [1.165, 1.54) is 0 Å². The van der Waals surface area contributed by atoms with Crippen LogP contribution in [0.15, 0.2) is 24.5 Å². The van der Waals surface area contributed by atoms with E-state index in [0.29, 0.717) is 13.2 Å². The van der Waals surface area contributed by atoms with Crippen LogP contribution in [0.5, 0.6) is 0 Å². The van der Waals surface area contributed by atoms with Gasteiger partial charge in [-0.2, -0.15) is 0 Å². The van der Waals surface area contributed by atoms with E-state index in [2.05, 4.69) is 16.0 Å². The van der Waals surface area contributed by atoms with Gasteiger partial charge in [0.15, 0.2) is 0 Å². The molecule has 0 N–H and O–H groups in total. The second-order valence-electron chi connectivity index (χ2n) is 6.54. The second-order valence-corrected chi connectivity index (χ2v) is 6.54. The van der Waals surface area contributed by atoms with Crippen molar-refractivity contribution in [2.45, 2.75) is 12.8 Å². The molecule has 1 atom stereocenters. The molecule has 0 saturated carbocycles. The number of nitrogens with zero attached hydrogens (tertiary/aromatic N) is 3. The van der Waals surface area contributed by atoms with E-state index in [-0.39, 0.29) is 17.9 Å². The number of aromatic nitrogens is 1. The fourth-order valence-corrected chi connectivity index (χ4v) is 3.64. The first-order chi connectivity index (χ1) is 11.2. The van der Waals surface area contributed by atoms with Crippen molar-refractivity contribution in [2.75, 3.05) is 58.0 Å². The normalized spacial score (nSPS) is 25.4. The molecule has 0 aromatic carbocycles. The van der Waals surface area contributed by atoms with Crippen LogP contribution >= 0.6 is 0 Å². The minimum atomic E-state index is -0.00596. The minimum absolute atomic E-state index is 0.00596. The Kier molecular flexibility index (Phi) is 5.13. The number of pyridine rings is 1. The third-order valence-electron chi connectivity index (χ3n) is 4.73. The fourth-order valence-electron chi connectivity index (χ4n) is 3.64. The Balaban J connectivity index is 1.75. The molecule has 6 heteroatoms. The van der Waals surface area contributed by atoms with Crippen LogP contribution in [-0.4, -0.2) is 68.9 Å². The Bertz CT molecular complexity index is 525. The van der Waals surface area contributed by atoms with Gasteiger partial charge in [0.05, 0.1) is 25.1 Å². The molecule has 0 bridgehead atoms. The molecule has 2 aliphatic rings. The number of amides is 1. The molecule has 3 heterocycles. The number of methoxy groups -OCH3 is 1. The van der Waals surface area contributed by atoms with Crippen molar-refractivity contribution >= 4 is 11.6 Å². The summed E-state index contributed by atoms with van der Waals surface area (Å²) in [6, 6.07) is 4.05. The first-order valence-electron chi connectivity index (χ1n) is 8.22. The summed E-state index contributed by atoms with van der Waals surface area (Å²) in [5, 5.41) is 0. The summed E-state index contributed by atoms with van der Waals surface area (Å²) < 4.78 is 10.9. The number of piperidine rings is 1. The average Bonchev–Trinajstić information content (AvgIpc) is 2.79. The molecule has 1 amide bonds. The van der Waals surface area contributed by atoms with Crippen molar-refractivity contribution in [3.05, 3.63) is 24.5 Å². The molecule has 126 valence electrons. The molecule has 0 aliphatic carbocycles. The molecule has 3 rings (SSSR count). The van der Waals surface area contributed by atoms with E-state index in [1.807, 2.05) is 17.2 Å². The molecule has 23 heavy (non-hydrogen) atoms. The van der Waals surface area contributed by atoms with Gasteiger partial charge in [0.2, 0.25) is 5.91 Å². The van der Waals surface area contributed by atoms with Crippen molar-refractivity contribution in [3.63, 3.8) is 0 Å². The summed E-state index contributed by atoms with van der Waals surface area (Å²) in [5.41, 5.74) is 1.12. The van der Waals surface area contributed by atoms with E-state index in [1.54, 1.807) is 13.3 Å². The molecular weight excluding hydrogens is 294 g/mol. The minimum Gasteiger partial charge on any atom is -0.379 e. The maximum Gasteiger partial charge on any atom is 0.248 e. The highest BCUT2D eigenvalue weighted by Gasteiger charge is 2.40. The van der Waals surface area contributed by atoms with Crippen LogP contribution in [0.3, 0.4) is 0 Å². The highest BCUT2D eigenvalue weighted by atomic mass is 16.5. The van der Waals surface area contributed by atoms with Gasteiger partial charge in [0, 0.05) is 44.9 Å². The SMILES string of the molecule is COCC(=O)N1CCC[C@]2(COCCN(c3cccnc3)C2)C1. The van der Waals surface area contributed by atoms with Crippen molar-refractivity contribution < 1.29 is 14.3 Å². The van der Waals surface area contributed by atoms with Gasteiger partial charge in [0.1, 0.15) is 6.61 Å². The van der Waals surface area contributed by atoms with Crippen LogP contribution in [0, 0.1) is 5.41 Å². The van der Waals surface area contributed by atoms with Gasteiger partial charge in [-0.1, -0.05) is 0 Å². The van der Waals surface area contributed by atoms with Crippen molar-refractivity contribution in [1.82, 2.24) is 9.88 Å². The zero-order chi connectivity index (χ0) is 16.1. The van der Waals surface area contributed by atoms with Gasteiger partial charge >= 0.3 is 0 Å². The average molecular weight is 319 g/mol. The monoisotopic (exact) mass is 319 g/mol. The van der Waals surface area contributed by atoms with Gasteiger partial charge in [-0.15, -0.1) is 0 Å². The number of ether oxygens (including phenoxy) is 2. The predicted octanol–water partition coefficient (Wildman–Crippen LogP) is 1.17. The van der Waals surface area contributed by atoms with E-state index >= 15 is 0 Å². The van der Waals surface area contributed by atoms with Crippen molar-refractivity contribution in [3.8, 4) is 0 Å². The molecule has 2 saturated heterocycles. The maximum atomic E-state index is 12.2. The van der Waals surface area contributed by atoms with Crippen LogP contribution in [-0.2, 0) is 14.3 Å². The fraction of sp³-hybridized carbons (Fsp3) is 0.647. The maximum absolute atomic E-state index is 12.2. The summed E-state index contributed by atoms with van der Waals surface area (Å²) in [4.78, 5) is 20.7. The zero-order valence-corrected chi connectivity index (χ0v) is 13.7. The van der Waals surface area contributed by atoms with Gasteiger partial charge < -0.3 is 19.3 Å². The van der Waals surface area contributed by atoms with Crippen molar-refractivity contribution in [1.29, 1.82) is 0 Å². The van der Waals surface area contributed by atoms with Crippen LogP contribution < -0.4 is 4.90 Å². The number of anilines is 1. The summed E-state index contributed by atoms with van der Waals surface area (Å²) in [7, 11) is 1.57. The quantitative estimate of drug-likeness (QED) is 0.837. The number of rotatable bonds is 3. The second kappa shape index (κ2) is 7.27. The van der Waals surface area contributed by atoms with E-state index in [4.69, 9.17) is 9.47 Å². The summed E-state index contributed by atoms with van der Waals surface area (Å²) in [6.45, 7) is 4.89. The lowest BCUT2D eigenvalue weighted by Gasteiger charge is -2.43. The zero-order valence-electron chi connectivity index (χ0n) is 13.7. The van der Waals surface area contributed by atoms with Crippen LogP contribution in [0.1, 0.15) is 12.8 Å². The predicted molar refractivity (Wildman–Crippen MR) is 87.4 cm³/mol. The number of hydrogen-bond donors (Lipinski definition) is 0. The van der Waals surface area contributed by atoms with E-state index in [0.717, 1.165) is 44.7 Å². The van der Waals surface area contributed by atoms with Gasteiger partial charge in [-0.05, 0) is 25.0 Å². The Hall–Kier alpha value is -1.66. The first kappa shape index (κ1) is 16.2. The van der Waals surface area contributed by atoms with Crippen LogP contribution in [0.4, 0.5) is 5.69 Å². The lowest BCUT2D eigenvalue weighted by molar-refractivity contribution is -0.139. The van der Waals surface area contributed by atoms with Crippen LogP contribution in [0.25, 0.3) is 0 Å². The van der Waals surface area contributed by atoms with Gasteiger partial charge in [-0.3, -0.25) is 9.78 Å². The molecule has 0 radical (unpaired) electrons. The van der Waals surface area contributed by atoms with Gasteiger partial charge in [0.25, 0.3) is 0 Å². The lowest BCUT2D eigenvalue weighted by Crippen LogP contribution is -2.52. The summed E-state index contributed by atoms with van der Waals surface area (Å²) >= 11 is 0. The molecule has 1 aromatic heterocycles. The number of carbonyl (C=O) groups is 1. The largest absolute Gasteiger partial charge is 0.379 e. The topological polar surface area (TPSA) is 54.9 Å². The highest BCUT2D eigenvalue weighted by Crippen LogP contribution is 2.34. The third-order valence-corrected chi connectivity index (χ3v) is 4.73. The molecule has 0 unspecified atom stereocenters. The molecule has 6 nitrogen and oxygen atoms in total. The Morgan fingerprint density at radius 2 is 2.35 bits per heavy atom. The molecule has 2 fully saturated rings. The number of carbonyl (C=O) groups excluding carboxylic acids is 1. The van der Waals surface area contributed by atoms with Crippen LogP contribution in [0.2, 0.25) is 0 Å². The standard InChI is InChI=1S/C17H25N3O3/c1-22-11-16(21)20-7-3-5-17(13-20)12-19(8-9-23-14-17)15-4-2-6-18-10-15/h2,4,6,10H,3,5,7-9,11-14H2,1H3/t17-/m1/s1. The first-order valence-corrected chi connectivity index (χ1v) is 8.22. The molecule has 1 aromatic rings. The molecular formula is C17H25N3O3. The Morgan fingerprint density at radius 1 is 1.43 bits per heavy atom. The highest BCUT2D eigenvalue weighted by molar-refractivity contribution is 5.77. The summed E-state index contributed by atoms with van der Waals surface area (Å²) in [5.74, 6) is 0.0729. The summed E-state index contributed by atoms with van der Waals surface area (Å²) in [6.07, 6.45) is 5.79. The van der Waals surface area contributed by atoms with E-state index in [9.17, 15) is 4.79 Å². The smallest absolute Gasteiger partial charge is 0.248 e. The van der Waals surface area contributed by atoms with Crippen molar-refractivity contribution in [2.24, 2.45) is 5.41 Å².